The molecule has 0 radical (unpaired) electrons. The van der Waals surface area contributed by atoms with Gasteiger partial charge in [-0.25, -0.2) is 9.80 Å². The molecule has 0 bridgehead atoms. The lowest BCUT2D eigenvalue weighted by Gasteiger charge is -2.22. The Bertz CT molecular complexity index is 1470. The van der Waals surface area contributed by atoms with Gasteiger partial charge in [-0.2, -0.15) is 5.10 Å². The first kappa shape index (κ1) is 23.5. The number of hydrogen-bond acceptors (Lipinski definition) is 4. The second-order valence-electron chi connectivity index (χ2n) is 9.04. The SMILES string of the molecule is CNC(=O)N1N=C(c2ccc(-c3ccc4c(ccn4C)c3)cc2)c2cc(OC)c(OC)cc2CC1C. The molecule has 5 rings (SSSR count). The highest BCUT2D eigenvalue weighted by molar-refractivity contribution is 6.14. The summed E-state index contributed by atoms with van der Waals surface area (Å²) in [5.41, 5.74) is 7.05. The molecule has 4 aromatic rings. The van der Waals surface area contributed by atoms with Gasteiger partial charge in [-0.1, -0.05) is 30.3 Å². The van der Waals surface area contributed by atoms with E-state index in [9.17, 15) is 4.79 Å². The van der Waals surface area contributed by atoms with E-state index in [0.29, 0.717) is 23.6 Å². The summed E-state index contributed by atoms with van der Waals surface area (Å²) >= 11 is 0. The fourth-order valence-corrected chi connectivity index (χ4v) is 4.83. The Morgan fingerprint density at radius 2 is 1.61 bits per heavy atom. The van der Waals surface area contributed by atoms with E-state index < -0.39 is 0 Å². The molecular formula is C29H30N4O3. The Morgan fingerprint density at radius 3 is 2.31 bits per heavy atom. The van der Waals surface area contributed by atoms with Crippen molar-refractivity contribution < 1.29 is 14.3 Å². The summed E-state index contributed by atoms with van der Waals surface area (Å²) in [6.45, 7) is 1.99. The minimum atomic E-state index is -0.250. The Balaban J connectivity index is 1.61. The van der Waals surface area contributed by atoms with Crippen LogP contribution < -0.4 is 14.8 Å². The van der Waals surface area contributed by atoms with Gasteiger partial charge >= 0.3 is 6.03 Å². The molecule has 36 heavy (non-hydrogen) atoms. The van der Waals surface area contributed by atoms with Crippen molar-refractivity contribution in [1.82, 2.24) is 14.9 Å². The van der Waals surface area contributed by atoms with Crippen LogP contribution >= 0.6 is 0 Å². The second-order valence-corrected chi connectivity index (χ2v) is 9.04. The lowest BCUT2D eigenvalue weighted by atomic mass is 9.93. The number of urea groups is 1. The van der Waals surface area contributed by atoms with E-state index in [2.05, 4.69) is 71.7 Å². The quantitative estimate of drug-likeness (QED) is 0.435. The molecule has 7 heteroatoms. The average Bonchev–Trinajstić information content (AvgIpc) is 3.21. The molecule has 1 aliphatic heterocycles. The topological polar surface area (TPSA) is 68.1 Å². The van der Waals surface area contributed by atoms with Gasteiger partial charge in [0.2, 0.25) is 0 Å². The maximum absolute atomic E-state index is 12.7. The molecule has 0 spiro atoms. The predicted octanol–water partition coefficient (Wildman–Crippen LogP) is 5.20. The van der Waals surface area contributed by atoms with E-state index in [-0.39, 0.29) is 12.1 Å². The lowest BCUT2D eigenvalue weighted by Crippen LogP contribution is -2.41. The first-order chi connectivity index (χ1) is 17.4. The number of amides is 2. The van der Waals surface area contributed by atoms with Crippen LogP contribution in [0.5, 0.6) is 11.5 Å². The molecule has 1 atom stereocenters. The third-order valence-corrected chi connectivity index (χ3v) is 6.80. The highest BCUT2D eigenvalue weighted by Gasteiger charge is 2.28. The number of ether oxygens (including phenoxy) is 2. The van der Waals surface area contributed by atoms with Crippen LogP contribution in [0.4, 0.5) is 4.79 Å². The first-order valence-corrected chi connectivity index (χ1v) is 11.9. The predicted molar refractivity (Wildman–Crippen MR) is 143 cm³/mol. The fourth-order valence-electron chi connectivity index (χ4n) is 4.83. The number of benzene rings is 3. The van der Waals surface area contributed by atoms with Gasteiger partial charge in [0.05, 0.1) is 26.0 Å². The minimum Gasteiger partial charge on any atom is -0.493 e. The maximum atomic E-state index is 12.7. The van der Waals surface area contributed by atoms with Gasteiger partial charge in [0, 0.05) is 42.3 Å². The van der Waals surface area contributed by atoms with E-state index in [1.807, 2.05) is 19.1 Å². The molecule has 0 saturated heterocycles. The van der Waals surface area contributed by atoms with E-state index in [4.69, 9.17) is 14.6 Å². The number of carbonyl (C=O) groups is 1. The zero-order chi connectivity index (χ0) is 25.4. The van der Waals surface area contributed by atoms with Crippen LogP contribution in [0.3, 0.4) is 0 Å². The number of carbonyl (C=O) groups excluding carboxylic acids is 1. The van der Waals surface area contributed by atoms with Crippen LogP contribution in [0.1, 0.15) is 23.6 Å². The number of aryl methyl sites for hydroxylation is 1. The summed E-state index contributed by atoms with van der Waals surface area (Å²) < 4.78 is 13.3. The molecule has 1 unspecified atom stereocenters. The molecule has 1 aromatic heterocycles. The number of methoxy groups -OCH3 is 2. The van der Waals surface area contributed by atoms with Crippen molar-refractivity contribution in [2.45, 2.75) is 19.4 Å². The van der Waals surface area contributed by atoms with Crippen molar-refractivity contribution in [3.63, 3.8) is 0 Å². The number of nitrogens with one attached hydrogen (secondary N) is 1. The standard InChI is InChI=1S/C29H30N4O3/c1-18-14-23-16-26(35-4)27(36-5)17-24(23)28(31-33(18)29(34)30-2)20-8-6-19(7-9-20)21-10-11-25-22(15-21)12-13-32(25)3/h6-13,15-18H,14H2,1-5H3,(H,30,34). The molecule has 1 N–H and O–H groups in total. The van der Waals surface area contributed by atoms with Gasteiger partial charge in [0.25, 0.3) is 0 Å². The highest BCUT2D eigenvalue weighted by Crippen LogP contribution is 2.35. The van der Waals surface area contributed by atoms with Crippen LogP contribution in [0.15, 0.2) is 72.0 Å². The fraction of sp³-hybridized carbons (Fsp3) is 0.241. The van der Waals surface area contributed by atoms with Crippen molar-refractivity contribution in [1.29, 1.82) is 0 Å². The summed E-state index contributed by atoms with van der Waals surface area (Å²) in [6.07, 6.45) is 2.70. The molecule has 1 aliphatic rings. The zero-order valence-corrected chi connectivity index (χ0v) is 21.2. The van der Waals surface area contributed by atoms with Gasteiger partial charge in [-0.3, -0.25) is 0 Å². The molecule has 184 valence electrons. The van der Waals surface area contributed by atoms with E-state index >= 15 is 0 Å². The largest absolute Gasteiger partial charge is 0.493 e. The summed E-state index contributed by atoms with van der Waals surface area (Å²) in [7, 11) is 6.92. The molecular weight excluding hydrogens is 452 g/mol. The highest BCUT2D eigenvalue weighted by atomic mass is 16.5. The van der Waals surface area contributed by atoms with E-state index in [1.165, 1.54) is 15.9 Å². The van der Waals surface area contributed by atoms with Gasteiger partial charge in [-0.15, -0.1) is 0 Å². The monoisotopic (exact) mass is 482 g/mol. The number of hydrogen-bond donors (Lipinski definition) is 1. The Kier molecular flexibility index (Phi) is 6.14. The number of aromatic nitrogens is 1. The maximum Gasteiger partial charge on any atom is 0.337 e. The Labute approximate surface area is 210 Å². The van der Waals surface area contributed by atoms with Crippen LogP contribution in [0.25, 0.3) is 22.0 Å². The van der Waals surface area contributed by atoms with Gasteiger partial charge in [0.1, 0.15) is 0 Å². The van der Waals surface area contributed by atoms with Crippen molar-refractivity contribution >= 4 is 22.6 Å². The minimum absolute atomic E-state index is 0.142. The van der Waals surface area contributed by atoms with Crippen LogP contribution in [-0.2, 0) is 13.5 Å². The van der Waals surface area contributed by atoms with Crippen LogP contribution in [0.2, 0.25) is 0 Å². The van der Waals surface area contributed by atoms with Crippen molar-refractivity contribution in [3.8, 4) is 22.6 Å². The lowest BCUT2D eigenvalue weighted by molar-refractivity contribution is 0.184. The van der Waals surface area contributed by atoms with Gasteiger partial charge < -0.3 is 19.4 Å². The normalized spacial score (nSPS) is 15.2. The molecule has 0 aliphatic carbocycles. The summed E-state index contributed by atoms with van der Waals surface area (Å²) in [5.74, 6) is 1.28. The van der Waals surface area contributed by atoms with Crippen molar-refractivity contribution in [3.05, 3.63) is 83.6 Å². The van der Waals surface area contributed by atoms with Crippen LogP contribution in [0, 0.1) is 0 Å². The third-order valence-electron chi connectivity index (χ3n) is 6.80. The molecule has 0 fully saturated rings. The Hall–Kier alpha value is -4.26. The van der Waals surface area contributed by atoms with E-state index in [1.54, 1.807) is 21.3 Å². The van der Waals surface area contributed by atoms with Crippen molar-refractivity contribution in [2.75, 3.05) is 21.3 Å². The number of rotatable bonds is 4. The van der Waals surface area contributed by atoms with Gasteiger partial charge in [-0.05, 0) is 60.4 Å². The average molecular weight is 483 g/mol. The third kappa shape index (κ3) is 4.06. The molecule has 3 aromatic carbocycles. The molecule has 0 saturated carbocycles. The van der Waals surface area contributed by atoms with Crippen molar-refractivity contribution in [2.24, 2.45) is 12.1 Å². The molecule has 2 amide bonds. The molecule has 2 heterocycles. The summed E-state index contributed by atoms with van der Waals surface area (Å²) in [5, 5.41) is 10.3. The summed E-state index contributed by atoms with van der Waals surface area (Å²) in [6, 6.07) is 20.5. The Morgan fingerprint density at radius 1 is 0.944 bits per heavy atom. The number of nitrogens with zero attached hydrogens (tertiary/aromatic N) is 3. The molecule has 7 nitrogen and oxygen atoms in total. The smallest absolute Gasteiger partial charge is 0.337 e. The number of fused-ring (bicyclic) bond motifs is 2. The first-order valence-electron chi connectivity index (χ1n) is 11.9. The van der Waals surface area contributed by atoms with Gasteiger partial charge in [0.15, 0.2) is 11.5 Å². The number of hydrazone groups is 1. The summed E-state index contributed by atoms with van der Waals surface area (Å²) in [4.78, 5) is 12.7. The zero-order valence-electron chi connectivity index (χ0n) is 21.2. The second kappa shape index (κ2) is 9.41. The van der Waals surface area contributed by atoms with E-state index in [0.717, 1.165) is 27.8 Å². The van der Waals surface area contributed by atoms with Crippen LogP contribution in [-0.4, -0.2) is 48.6 Å².